The number of halogens is 1. The van der Waals surface area contributed by atoms with Crippen LogP contribution in [0.2, 0.25) is 5.02 Å². The van der Waals surface area contributed by atoms with Gasteiger partial charge >= 0.3 is 0 Å². The maximum atomic E-state index is 12.9. The molecule has 31 heavy (non-hydrogen) atoms. The Kier molecular flexibility index (Phi) is 6.55. The van der Waals surface area contributed by atoms with Gasteiger partial charge in [-0.15, -0.1) is 0 Å². The third-order valence-electron chi connectivity index (χ3n) is 4.74. The van der Waals surface area contributed by atoms with Crippen LogP contribution < -0.4 is 10.6 Å². The van der Waals surface area contributed by atoms with Crippen molar-refractivity contribution in [1.82, 2.24) is 9.78 Å². The molecule has 0 saturated heterocycles. The molecule has 3 aromatic carbocycles. The van der Waals surface area contributed by atoms with Gasteiger partial charge in [-0.25, -0.2) is 4.68 Å². The monoisotopic (exact) mass is 428 g/mol. The molecule has 0 radical (unpaired) electrons. The van der Waals surface area contributed by atoms with Gasteiger partial charge < -0.3 is 0 Å². The molecule has 0 unspecified atom stereocenters. The predicted molar refractivity (Wildman–Crippen MR) is 126 cm³/mol. The molecule has 0 spiro atoms. The molecule has 4 rings (SSSR count). The summed E-state index contributed by atoms with van der Waals surface area (Å²) in [7, 11) is 0. The van der Waals surface area contributed by atoms with Gasteiger partial charge in [-0.1, -0.05) is 103 Å². The highest BCUT2D eigenvalue weighted by Gasteiger charge is 2.16. The smallest absolute Gasteiger partial charge is 0.266 e. The molecule has 1 aromatic heterocycles. The zero-order valence-electron chi connectivity index (χ0n) is 16.8. The molecule has 0 aliphatic rings. The molecule has 0 amide bonds. The van der Waals surface area contributed by atoms with E-state index in [2.05, 4.69) is 10.2 Å². The van der Waals surface area contributed by atoms with Gasteiger partial charge in [0, 0.05) is 0 Å². The highest BCUT2D eigenvalue weighted by atomic mass is 35.5. The van der Waals surface area contributed by atoms with E-state index in [0.717, 1.165) is 16.7 Å². The summed E-state index contributed by atoms with van der Waals surface area (Å²) in [6.45, 7) is 0.805. The van der Waals surface area contributed by atoms with E-state index in [1.54, 1.807) is 17.4 Å². The van der Waals surface area contributed by atoms with Gasteiger partial charge in [0.25, 0.3) is 5.56 Å². The van der Waals surface area contributed by atoms with Crippen molar-refractivity contribution in [3.05, 3.63) is 129 Å². The Morgan fingerprint density at radius 2 is 1.45 bits per heavy atom. The summed E-state index contributed by atoms with van der Waals surface area (Å²) in [6, 6.07) is 29.3. The van der Waals surface area contributed by atoms with Gasteiger partial charge in [0.2, 0.25) is 0 Å². The SMILES string of the molecule is O=c1c(Cl)c(N(Cc2ccccc2)/N=C/c2ccccc2)cnn1Cc1ccccc1. The van der Waals surface area contributed by atoms with E-state index in [4.69, 9.17) is 11.6 Å². The van der Waals surface area contributed by atoms with E-state index in [1.165, 1.54) is 4.68 Å². The zero-order valence-corrected chi connectivity index (χ0v) is 17.6. The summed E-state index contributed by atoms with van der Waals surface area (Å²) in [5, 5.41) is 10.8. The lowest BCUT2D eigenvalue weighted by atomic mass is 10.2. The summed E-state index contributed by atoms with van der Waals surface area (Å²) in [4.78, 5) is 12.9. The van der Waals surface area contributed by atoms with Crippen molar-refractivity contribution in [2.75, 3.05) is 5.01 Å². The van der Waals surface area contributed by atoms with Gasteiger partial charge in [0.05, 0.1) is 25.5 Å². The molecular formula is C25H21ClN4O. The molecular weight excluding hydrogens is 408 g/mol. The number of anilines is 1. The Labute approximate surface area is 185 Å². The quantitative estimate of drug-likeness (QED) is 0.308. The van der Waals surface area contributed by atoms with E-state index in [0.29, 0.717) is 18.8 Å². The van der Waals surface area contributed by atoms with Crippen molar-refractivity contribution in [2.24, 2.45) is 5.10 Å². The lowest BCUT2D eigenvalue weighted by molar-refractivity contribution is 0.636. The van der Waals surface area contributed by atoms with Gasteiger partial charge in [-0.2, -0.15) is 10.2 Å². The van der Waals surface area contributed by atoms with E-state index >= 15 is 0 Å². The molecule has 0 saturated carbocycles. The fourth-order valence-electron chi connectivity index (χ4n) is 3.13. The largest absolute Gasteiger partial charge is 0.288 e. The lowest BCUT2D eigenvalue weighted by Crippen LogP contribution is -2.27. The Hall–Kier alpha value is -3.70. The van der Waals surface area contributed by atoms with Crippen molar-refractivity contribution in [2.45, 2.75) is 13.1 Å². The molecule has 6 heteroatoms. The maximum Gasteiger partial charge on any atom is 0.288 e. The van der Waals surface area contributed by atoms with Crippen LogP contribution in [0.3, 0.4) is 0 Å². The summed E-state index contributed by atoms with van der Waals surface area (Å²) in [5.41, 5.74) is 3.08. The minimum atomic E-state index is -0.351. The van der Waals surface area contributed by atoms with Crippen LogP contribution >= 0.6 is 11.6 Å². The first-order chi connectivity index (χ1) is 15.2. The van der Waals surface area contributed by atoms with Crippen LogP contribution in [0, 0.1) is 0 Å². The second kappa shape index (κ2) is 9.87. The summed E-state index contributed by atoms with van der Waals surface area (Å²) in [5.74, 6) is 0. The number of hydrogen-bond acceptors (Lipinski definition) is 4. The molecule has 0 fully saturated rings. The van der Waals surface area contributed by atoms with E-state index in [9.17, 15) is 4.79 Å². The zero-order chi connectivity index (χ0) is 21.5. The maximum absolute atomic E-state index is 12.9. The Morgan fingerprint density at radius 3 is 2.10 bits per heavy atom. The van der Waals surface area contributed by atoms with Gasteiger partial charge in [-0.3, -0.25) is 9.80 Å². The van der Waals surface area contributed by atoms with Crippen molar-refractivity contribution in [3.63, 3.8) is 0 Å². The number of nitrogens with zero attached hydrogens (tertiary/aromatic N) is 4. The first-order valence-corrected chi connectivity index (χ1v) is 10.3. The third-order valence-corrected chi connectivity index (χ3v) is 5.10. The van der Waals surface area contributed by atoms with Crippen LogP contribution in [0.15, 0.2) is 107 Å². The topological polar surface area (TPSA) is 50.5 Å². The number of hydrogen-bond donors (Lipinski definition) is 0. The van der Waals surface area contributed by atoms with Crippen molar-refractivity contribution < 1.29 is 0 Å². The molecule has 5 nitrogen and oxygen atoms in total. The first kappa shape index (κ1) is 20.6. The van der Waals surface area contributed by atoms with Gasteiger partial charge in [0.1, 0.15) is 10.7 Å². The highest BCUT2D eigenvalue weighted by molar-refractivity contribution is 6.33. The Bertz CT molecular complexity index is 1210. The molecule has 154 valence electrons. The molecule has 0 bridgehead atoms. The molecule has 4 aromatic rings. The predicted octanol–water partition coefficient (Wildman–Crippen LogP) is 4.99. The van der Waals surface area contributed by atoms with E-state index in [-0.39, 0.29) is 10.6 Å². The van der Waals surface area contributed by atoms with Crippen LogP contribution in [0.1, 0.15) is 16.7 Å². The van der Waals surface area contributed by atoms with Gasteiger partial charge in [0.15, 0.2) is 0 Å². The van der Waals surface area contributed by atoms with E-state index in [1.807, 2.05) is 91.0 Å². The molecule has 1 heterocycles. The van der Waals surface area contributed by atoms with Crippen LogP contribution in [-0.4, -0.2) is 16.0 Å². The summed E-state index contributed by atoms with van der Waals surface area (Å²) >= 11 is 6.52. The van der Waals surface area contributed by atoms with Crippen LogP contribution in [-0.2, 0) is 13.1 Å². The Morgan fingerprint density at radius 1 is 0.871 bits per heavy atom. The molecule has 0 aliphatic carbocycles. The minimum absolute atomic E-state index is 0.0899. The third kappa shape index (κ3) is 5.27. The summed E-state index contributed by atoms with van der Waals surface area (Å²) < 4.78 is 1.36. The van der Waals surface area contributed by atoms with Gasteiger partial charge in [-0.05, 0) is 16.7 Å². The normalized spacial score (nSPS) is 11.0. The molecule has 0 N–H and O–H groups in total. The van der Waals surface area contributed by atoms with Crippen molar-refractivity contribution in [1.29, 1.82) is 0 Å². The number of aromatic nitrogens is 2. The average molecular weight is 429 g/mol. The second-order valence-electron chi connectivity index (χ2n) is 6.99. The standard InChI is InChI=1S/C25H21ClN4O/c26-24-23(17-28-30(25(24)31)19-22-14-8-3-9-15-22)29(18-21-12-6-2-7-13-21)27-16-20-10-4-1-5-11-20/h1-17H,18-19H2/b27-16+. The van der Waals surface area contributed by atoms with E-state index < -0.39 is 0 Å². The Balaban J connectivity index is 1.67. The highest BCUT2D eigenvalue weighted by Crippen LogP contribution is 2.23. The summed E-state index contributed by atoms with van der Waals surface area (Å²) in [6.07, 6.45) is 3.34. The first-order valence-electron chi connectivity index (χ1n) is 9.91. The van der Waals surface area contributed by atoms with Crippen molar-refractivity contribution in [3.8, 4) is 0 Å². The molecule has 0 atom stereocenters. The number of benzene rings is 3. The van der Waals surface area contributed by atoms with Crippen LogP contribution in [0.5, 0.6) is 0 Å². The second-order valence-corrected chi connectivity index (χ2v) is 7.37. The molecule has 0 aliphatic heterocycles. The fraction of sp³-hybridized carbons (Fsp3) is 0.0800. The van der Waals surface area contributed by atoms with Crippen LogP contribution in [0.4, 0.5) is 5.69 Å². The minimum Gasteiger partial charge on any atom is -0.266 e. The average Bonchev–Trinajstić information content (AvgIpc) is 2.82. The number of hydrazone groups is 1. The van der Waals surface area contributed by atoms with Crippen molar-refractivity contribution >= 4 is 23.5 Å². The lowest BCUT2D eigenvalue weighted by Gasteiger charge is -2.20. The van der Waals surface area contributed by atoms with Crippen LogP contribution in [0.25, 0.3) is 0 Å². The number of rotatable bonds is 7. The fourth-order valence-corrected chi connectivity index (χ4v) is 3.37.